The molecular formula is C6H12. The number of rotatable bonds is 1. The molecule has 1 rings (SSSR count). The van der Waals surface area contributed by atoms with E-state index in [-0.39, 0.29) is 0 Å². The maximum Gasteiger partial charge on any atom is -0.0388 e. The lowest BCUT2D eigenvalue weighted by atomic mass is 10.3. The molecule has 1 saturated carbocycles. The van der Waals surface area contributed by atoms with Gasteiger partial charge in [0, 0.05) is 0 Å². The summed E-state index contributed by atoms with van der Waals surface area (Å²) >= 11 is 0. The highest BCUT2D eigenvalue weighted by Crippen LogP contribution is 2.39. The summed E-state index contributed by atoms with van der Waals surface area (Å²) in [4.78, 5) is 0. The van der Waals surface area contributed by atoms with Crippen molar-refractivity contribution in [3.05, 3.63) is 0 Å². The van der Waals surface area contributed by atoms with Crippen molar-refractivity contribution in [3.8, 4) is 0 Å². The van der Waals surface area contributed by atoms with Gasteiger partial charge in [0.25, 0.3) is 0 Å². The highest BCUT2D eigenvalue weighted by molar-refractivity contribution is 4.80. The van der Waals surface area contributed by atoms with Gasteiger partial charge < -0.3 is 0 Å². The van der Waals surface area contributed by atoms with Gasteiger partial charge in [0.2, 0.25) is 0 Å². The lowest BCUT2D eigenvalue weighted by molar-refractivity contribution is 0.724. The maximum absolute atomic E-state index is 2.33. The summed E-state index contributed by atoms with van der Waals surface area (Å²) in [6, 6.07) is 0. The van der Waals surface area contributed by atoms with Crippen molar-refractivity contribution in [2.24, 2.45) is 11.8 Å². The van der Waals surface area contributed by atoms with Crippen LogP contribution in [0.4, 0.5) is 0 Å². The second-order valence-electron chi connectivity index (χ2n) is 2.38. The third kappa shape index (κ3) is 0.562. The Hall–Kier alpha value is 0. The predicted octanol–water partition coefficient (Wildman–Crippen LogP) is 2.05. The molecule has 0 saturated heterocycles. The van der Waals surface area contributed by atoms with Crippen LogP contribution in [0.5, 0.6) is 0 Å². The van der Waals surface area contributed by atoms with Crippen LogP contribution in [0, 0.1) is 11.8 Å². The molecule has 36 valence electrons. The first-order valence-corrected chi connectivity index (χ1v) is 2.84. The second-order valence-corrected chi connectivity index (χ2v) is 2.38. The number of hydrogen-bond acceptors (Lipinski definition) is 0. The van der Waals surface area contributed by atoms with Crippen LogP contribution in [0.2, 0.25) is 0 Å². The molecule has 1 fully saturated rings. The van der Waals surface area contributed by atoms with E-state index in [1.807, 2.05) is 0 Å². The standard InChI is InChI=1S/C6H12/c1-3-6-4-5(6)2/h5-6H,3-4H2,1-2H3/t5-,6-/m1/s1. The van der Waals surface area contributed by atoms with Crippen LogP contribution in [-0.4, -0.2) is 0 Å². The van der Waals surface area contributed by atoms with E-state index in [0.717, 1.165) is 11.8 Å². The van der Waals surface area contributed by atoms with Gasteiger partial charge in [-0.15, -0.1) is 0 Å². The van der Waals surface area contributed by atoms with Gasteiger partial charge in [0.15, 0.2) is 0 Å². The lowest BCUT2D eigenvalue weighted by Crippen LogP contribution is -1.68. The Morgan fingerprint density at radius 3 is 2.17 bits per heavy atom. The molecule has 0 nitrogen and oxygen atoms in total. The van der Waals surface area contributed by atoms with Gasteiger partial charge in [-0.3, -0.25) is 0 Å². The molecule has 0 spiro atoms. The van der Waals surface area contributed by atoms with Crippen molar-refractivity contribution in [2.75, 3.05) is 0 Å². The van der Waals surface area contributed by atoms with Crippen molar-refractivity contribution >= 4 is 0 Å². The van der Waals surface area contributed by atoms with Crippen LogP contribution in [-0.2, 0) is 0 Å². The van der Waals surface area contributed by atoms with E-state index in [4.69, 9.17) is 0 Å². The average molecular weight is 84.2 g/mol. The lowest BCUT2D eigenvalue weighted by Gasteiger charge is -1.79. The minimum Gasteiger partial charge on any atom is -0.0651 e. The number of hydrogen-bond donors (Lipinski definition) is 0. The van der Waals surface area contributed by atoms with Crippen LogP contribution < -0.4 is 0 Å². The van der Waals surface area contributed by atoms with Crippen LogP contribution in [0.1, 0.15) is 26.7 Å². The SMILES string of the molecule is CC[C@@H]1C[C@H]1C. The molecule has 0 heterocycles. The van der Waals surface area contributed by atoms with Crippen LogP contribution in [0.25, 0.3) is 0 Å². The Balaban J connectivity index is 2.09. The Bertz CT molecular complexity index is 46.0. The van der Waals surface area contributed by atoms with Crippen LogP contribution in [0.15, 0.2) is 0 Å². The highest BCUT2D eigenvalue weighted by Gasteiger charge is 2.29. The largest absolute Gasteiger partial charge is 0.0651 e. The zero-order valence-corrected chi connectivity index (χ0v) is 4.57. The molecule has 0 aromatic rings. The molecule has 0 radical (unpaired) electrons. The Morgan fingerprint density at radius 2 is 2.17 bits per heavy atom. The van der Waals surface area contributed by atoms with E-state index < -0.39 is 0 Å². The van der Waals surface area contributed by atoms with Crippen LogP contribution in [0.3, 0.4) is 0 Å². The van der Waals surface area contributed by atoms with Gasteiger partial charge in [0.05, 0.1) is 0 Å². The van der Waals surface area contributed by atoms with Crippen molar-refractivity contribution in [2.45, 2.75) is 26.7 Å². The summed E-state index contributed by atoms with van der Waals surface area (Å²) in [7, 11) is 0. The van der Waals surface area contributed by atoms with Gasteiger partial charge in [-0.05, 0) is 18.3 Å². The van der Waals surface area contributed by atoms with Gasteiger partial charge >= 0.3 is 0 Å². The van der Waals surface area contributed by atoms with Gasteiger partial charge in [-0.25, -0.2) is 0 Å². The fraction of sp³-hybridized carbons (Fsp3) is 1.00. The van der Waals surface area contributed by atoms with Crippen molar-refractivity contribution in [1.29, 1.82) is 0 Å². The quantitative estimate of drug-likeness (QED) is 0.456. The average Bonchev–Trinajstić information content (AvgIpc) is 2.19. The Labute approximate surface area is 39.6 Å². The third-order valence-electron chi connectivity index (χ3n) is 1.80. The van der Waals surface area contributed by atoms with E-state index in [9.17, 15) is 0 Å². The van der Waals surface area contributed by atoms with Crippen molar-refractivity contribution in [3.63, 3.8) is 0 Å². The second kappa shape index (κ2) is 1.25. The van der Waals surface area contributed by atoms with E-state index >= 15 is 0 Å². The molecule has 0 aliphatic heterocycles. The minimum absolute atomic E-state index is 1.06. The molecule has 1 aliphatic carbocycles. The molecule has 2 atom stereocenters. The molecule has 0 heteroatoms. The fourth-order valence-corrected chi connectivity index (χ4v) is 0.968. The zero-order chi connectivity index (χ0) is 4.57. The molecular weight excluding hydrogens is 72.1 g/mol. The molecule has 0 bridgehead atoms. The van der Waals surface area contributed by atoms with Crippen molar-refractivity contribution < 1.29 is 0 Å². The monoisotopic (exact) mass is 84.1 g/mol. The highest BCUT2D eigenvalue weighted by atomic mass is 14.3. The first-order chi connectivity index (χ1) is 2.84. The van der Waals surface area contributed by atoms with Gasteiger partial charge in [-0.1, -0.05) is 20.3 Å². The molecule has 0 amide bonds. The first-order valence-electron chi connectivity index (χ1n) is 2.84. The van der Waals surface area contributed by atoms with E-state index in [2.05, 4.69) is 13.8 Å². The topological polar surface area (TPSA) is 0 Å². The molecule has 1 aliphatic rings. The van der Waals surface area contributed by atoms with Gasteiger partial charge in [-0.2, -0.15) is 0 Å². The van der Waals surface area contributed by atoms with E-state index in [0.29, 0.717) is 0 Å². The van der Waals surface area contributed by atoms with E-state index in [1.165, 1.54) is 12.8 Å². The van der Waals surface area contributed by atoms with Crippen molar-refractivity contribution in [1.82, 2.24) is 0 Å². The minimum atomic E-state index is 1.06. The summed E-state index contributed by atoms with van der Waals surface area (Å²) < 4.78 is 0. The molecule has 6 heavy (non-hydrogen) atoms. The van der Waals surface area contributed by atoms with Gasteiger partial charge in [0.1, 0.15) is 0 Å². The zero-order valence-electron chi connectivity index (χ0n) is 4.57. The third-order valence-corrected chi connectivity index (χ3v) is 1.80. The van der Waals surface area contributed by atoms with Crippen LogP contribution >= 0.6 is 0 Å². The normalized spacial score (nSPS) is 43.0. The molecule has 0 aromatic carbocycles. The Kier molecular flexibility index (Phi) is 0.868. The fourth-order valence-electron chi connectivity index (χ4n) is 0.968. The predicted molar refractivity (Wildman–Crippen MR) is 27.6 cm³/mol. The summed E-state index contributed by atoms with van der Waals surface area (Å²) in [6.07, 6.45) is 2.90. The smallest absolute Gasteiger partial charge is 0.0388 e. The molecule has 0 aromatic heterocycles. The maximum atomic E-state index is 2.33. The summed E-state index contributed by atoms with van der Waals surface area (Å²) in [5.41, 5.74) is 0. The molecule has 0 N–H and O–H groups in total. The first kappa shape index (κ1) is 4.17. The molecule has 0 unspecified atom stereocenters. The summed E-state index contributed by atoms with van der Waals surface area (Å²) in [6.45, 7) is 4.60. The Morgan fingerprint density at radius 1 is 1.67 bits per heavy atom. The summed E-state index contributed by atoms with van der Waals surface area (Å²) in [5.74, 6) is 2.17. The summed E-state index contributed by atoms with van der Waals surface area (Å²) in [5, 5.41) is 0. The van der Waals surface area contributed by atoms with E-state index in [1.54, 1.807) is 0 Å².